The van der Waals surface area contributed by atoms with Crippen molar-refractivity contribution < 1.29 is 27.5 Å². The van der Waals surface area contributed by atoms with Crippen LogP contribution in [0.2, 0.25) is 0 Å². The highest BCUT2D eigenvalue weighted by molar-refractivity contribution is 6.03. The third-order valence-corrected chi connectivity index (χ3v) is 7.26. The quantitative estimate of drug-likeness (QED) is 0.544. The Labute approximate surface area is 198 Å². The molecule has 35 heavy (non-hydrogen) atoms. The normalized spacial score (nSPS) is 27.1. The summed E-state index contributed by atoms with van der Waals surface area (Å²) in [5.41, 5.74) is 0.412. The van der Waals surface area contributed by atoms with Gasteiger partial charge in [0.15, 0.2) is 0 Å². The number of aromatic nitrogens is 1. The number of benzene rings is 2. The number of rotatable bonds is 5. The van der Waals surface area contributed by atoms with Gasteiger partial charge < -0.3 is 19.9 Å². The molecule has 1 spiro atoms. The summed E-state index contributed by atoms with van der Waals surface area (Å²) in [6.07, 6.45) is 1.05. The summed E-state index contributed by atoms with van der Waals surface area (Å²) in [4.78, 5) is 31.1. The molecule has 2 amide bonds. The number of alkyl halides is 3. The van der Waals surface area contributed by atoms with Crippen LogP contribution in [-0.4, -0.2) is 41.6 Å². The summed E-state index contributed by atoms with van der Waals surface area (Å²) in [6, 6.07) is 12.6. The number of halogens is 3. The topological polar surface area (TPSA) is 74.4 Å². The number of nitrogens with zero attached hydrogens (tertiary/aromatic N) is 1. The standard InChI is InChI=1S/C26H22F3N3O3/c27-26(28,29)16-4-3-5-17(12-16)32-14-25-10-8-20(35-25)21(22(25)24(32)34)23(33)30-11-9-15-13-31-19-7-2-1-6-18(15)19/h1-8,10,12-13,20-22,31H,9,11,14H2,(H,30,33)/t20-,21-,22-,25+/m1/s1. The SMILES string of the molecule is O=C(NCCc1c[nH]c2ccccc12)[C@@H]1[C@H]2C=C[C@@]3(CN(c4cccc(C(F)(F)F)c4)C(=O)[C@@H]13)O2. The molecule has 0 radical (unpaired) electrons. The number of aromatic amines is 1. The number of carbonyl (C=O) groups is 2. The van der Waals surface area contributed by atoms with E-state index in [0.717, 1.165) is 28.6 Å². The van der Waals surface area contributed by atoms with Gasteiger partial charge in [-0.15, -0.1) is 0 Å². The first-order valence-electron chi connectivity index (χ1n) is 11.5. The summed E-state index contributed by atoms with van der Waals surface area (Å²) < 4.78 is 45.7. The maximum Gasteiger partial charge on any atom is 0.416 e. The number of hydrogen-bond donors (Lipinski definition) is 2. The lowest BCUT2D eigenvalue weighted by molar-refractivity contribution is -0.137. The van der Waals surface area contributed by atoms with Gasteiger partial charge in [-0.3, -0.25) is 9.59 Å². The Morgan fingerprint density at radius 2 is 2.03 bits per heavy atom. The van der Waals surface area contributed by atoms with Crippen LogP contribution in [0.1, 0.15) is 11.1 Å². The summed E-state index contributed by atoms with van der Waals surface area (Å²) >= 11 is 0. The van der Waals surface area contributed by atoms with Crippen molar-refractivity contribution in [2.75, 3.05) is 18.0 Å². The zero-order chi connectivity index (χ0) is 24.4. The van der Waals surface area contributed by atoms with E-state index in [1.165, 1.54) is 17.0 Å². The van der Waals surface area contributed by atoms with E-state index in [0.29, 0.717) is 13.0 Å². The number of H-pyrrole nitrogens is 1. The number of para-hydroxylation sites is 1. The van der Waals surface area contributed by atoms with Crippen molar-refractivity contribution in [3.63, 3.8) is 0 Å². The van der Waals surface area contributed by atoms with Crippen LogP contribution in [0.15, 0.2) is 66.9 Å². The molecule has 3 aromatic rings. The molecule has 0 saturated carbocycles. The fourth-order valence-corrected chi connectivity index (χ4v) is 5.64. The Hall–Kier alpha value is -3.59. The molecule has 2 fully saturated rings. The molecule has 4 atom stereocenters. The Morgan fingerprint density at radius 3 is 2.86 bits per heavy atom. The average Bonchev–Trinajstić information content (AvgIpc) is 3.59. The molecule has 4 heterocycles. The molecule has 0 unspecified atom stereocenters. The zero-order valence-corrected chi connectivity index (χ0v) is 18.5. The minimum Gasteiger partial charge on any atom is -0.361 e. The van der Waals surface area contributed by atoms with Crippen molar-refractivity contribution in [1.82, 2.24) is 10.3 Å². The van der Waals surface area contributed by atoms with E-state index in [4.69, 9.17) is 4.74 Å². The van der Waals surface area contributed by atoms with Gasteiger partial charge in [0, 0.05) is 29.3 Å². The van der Waals surface area contributed by atoms with Crippen molar-refractivity contribution in [2.24, 2.45) is 11.8 Å². The van der Waals surface area contributed by atoms with E-state index in [1.54, 1.807) is 12.2 Å². The Kier molecular flexibility index (Phi) is 4.83. The molecule has 2 bridgehead atoms. The molecule has 9 heteroatoms. The largest absolute Gasteiger partial charge is 0.416 e. The van der Waals surface area contributed by atoms with Crippen molar-refractivity contribution in [3.05, 3.63) is 78.0 Å². The monoisotopic (exact) mass is 481 g/mol. The first kappa shape index (κ1) is 21.9. The molecule has 1 aromatic heterocycles. The molecular weight excluding hydrogens is 459 g/mol. The lowest BCUT2D eigenvalue weighted by Gasteiger charge is -2.23. The van der Waals surface area contributed by atoms with Crippen LogP contribution in [-0.2, 0) is 26.9 Å². The molecule has 2 aromatic carbocycles. The van der Waals surface area contributed by atoms with Crippen molar-refractivity contribution in [1.29, 1.82) is 0 Å². The van der Waals surface area contributed by atoms with E-state index in [9.17, 15) is 22.8 Å². The first-order chi connectivity index (χ1) is 16.8. The number of carbonyl (C=O) groups excluding carboxylic acids is 2. The van der Waals surface area contributed by atoms with Gasteiger partial charge in [-0.2, -0.15) is 13.2 Å². The average molecular weight is 481 g/mol. The third kappa shape index (κ3) is 3.44. The van der Waals surface area contributed by atoms with Crippen LogP contribution in [0, 0.1) is 11.8 Å². The lowest BCUT2D eigenvalue weighted by atomic mass is 9.77. The lowest BCUT2D eigenvalue weighted by Crippen LogP contribution is -2.44. The summed E-state index contributed by atoms with van der Waals surface area (Å²) in [5, 5.41) is 4.03. The van der Waals surface area contributed by atoms with Gasteiger partial charge in [-0.05, 0) is 36.2 Å². The van der Waals surface area contributed by atoms with Crippen LogP contribution in [0.25, 0.3) is 10.9 Å². The minimum absolute atomic E-state index is 0.0733. The maximum absolute atomic E-state index is 13.4. The number of ether oxygens (including phenoxy) is 1. The second-order valence-corrected chi connectivity index (χ2v) is 9.27. The van der Waals surface area contributed by atoms with E-state index in [-0.39, 0.29) is 18.1 Å². The Morgan fingerprint density at radius 1 is 1.20 bits per heavy atom. The van der Waals surface area contributed by atoms with E-state index >= 15 is 0 Å². The molecule has 3 aliphatic rings. The van der Waals surface area contributed by atoms with Gasteiger partial charge in [0.1, 0.15) is 5.60 Å². The third-order valence-electron chi connectivity index (χ3n) is 7.26. The van der Waals surface area contributed by atoms with Crippen molar-refractivity contribution in [3.8, 4) is 0 Å². The highest BCUT2D eigenvalue weighted by atomic mass is 19.4. The predicted molar refractivity (Wildman–Crippen MR) is 123 cm³/mol. The van der Waals surface area contributed by atoms with Crippen LogP contribution in [0.5, 0.6) is 0 Å². The molecule has 180 valence electrons. The number of amides is 2. The van der Waals surface area contributed by atoms with E-state index in [1.807, 2.05) is 30.5 Å². The highest BCUT2D eigenvalue weighted by Crippen LogP contribution is 2.52. The molecule has 6 nitrogen and oxygen atoms in total. The number of anilines is 1. The molecular formula is C26H22F3N3O3. The van der Waals surface area contributed by atoms with Gasteiger partial charge in [0.05, 0.1) is 30.0 Å². The maximum atomic E-state index is 13.4. The zero-order valence-electron chi connectivity index (χ0n) is 18.5. The van der Waals surface area contributed by atoms with E-state index < -0.39 is 41.2 Å². The highest BCUT2D eigenvalue weighted by Gasteiger charge is 2.67. The van der Waals surface area contributed by atoms with Crippen LogP contribution in [0.3, 0.4) is 0 Å². The number of hydrogen-bond acceptors (Lipinski definition) is 3. The summed E-state index contributed by atoms with van der Waals surface area (Å²) in [7, 11) is 0. The van der Waals surface area contributed by atoms with Gasteiger partial charge >= 0.3 is 6.18 Å². The number of fused-ring (bicyclic) bond motifs is 2. The first-order valence-corrected chi connectivity index (χ1v) is 11.5. The van der Waals surface area contributed by atoms with Gasteiger partial charge in [-0.25, -0.2) is 0 Å². The van der Waals surface area contributed by atoms with Gasteiger partial charge in [0.25, 0.3) is 0 Å². The molecule has 2 N–H and O–H groups in total. The summed E-state index contributed by atoms with van der Waals surface area (Å²) in [5.74, 6) is -2.19. The molecule has 6 rings (SSSR count). The Balaban J connectivity index is 1.19. The molecule has 0 aliphatic carbocycles. The molecule has 3 aliphatic heterocycles. The predicted octanol–water partition coefficient (Wildman–Crippen LogP) is 3.83. The van der Waals surface area contributed by atoms with E-state index in [2.05, 4.69) is 10.3 Å². The second-order valence-electron chi connectivity index (χ2n) is 9.27. The van der Waals surface area contributed by atoms with Crippen LogP contribution < -0.4 is 10.2 Å². The van der Waals surface area contributed by atoms with Crippen molar-refractivity contribution >= 4 is 28.4 Å². The minimum atomic E-state index is -4.52. The smallest absolute Gasteiger partial charge is 0.361 e. The van der Waals surface area contributed by atoms with Crippen molar-refractivity contribution in [2.45, 2.75) is 24.3 Å². The fraction of sp³-hybridized carbons (Fsp3) is 0.308. The molecule has 2 saturated heterocycles. The van der Waals surface area contributed by atoms with Crippen LogP contribution in [0.4, 0.5) is 18.9 Å². The van der Waals surface area contributed by atoms with Gasteiger partial charge in [-0.1, -0.05) is 36.4 Å². The summed E-state index contributed by atoms with van der Waals surface area (Å²) in [6.45, 7) is 0.461. The van der Waals surface area contributed by atoms with Gasteiger partial charge in [0.2, 0.25) is 11.8 Å². The Bertz CT molecular complexity index is 1360. The second kappa shape index (κ2) is 7.71. The fourth-order valence-electron chi connectivity index (χ4n) is 5.64. The number of nitrogens with one attached hydrogen (secondary N) is 2. The van der Waals surface area contributed by atoms with Crippen LogP contribution >= 0.6 is 0 Å².